The molecule has 0 spiro atoms. The minimum absolute atomic E-state index is 0.528. The first-order valence-corrected chi connectivity index (χ1v) is 9.85. The predicted molar refractivity (Wildman–Crippen MR) is 79.1 cm³/mol. The molecule has 0 aromatic rings. The van der Waals surface area contributed by atoms with Crippen molar-refractivity contribution >= 4 is 8.80 Å². The zero-order valence-corrected chi connectivity index (χ0v) is 13.7. The first kappa shape index (κ1) is 15.5. The minimum Gasteiger partial charge on any atom is -0.377 e. The van der Waals surface area contributed by atoms with Gasteiger partial charge in [-0.2, -0.15) is 0 Å². The average Bonchev–Trinajstić information content (AvgIpc) is 2.51. The second-order valence-corrected chi connectivity index (χ2v) is 9.29. The van der Waals surface area contributed by atoms with Crippen LogP contribution in [0.1, 0.15) is 64.2 Å². The Bertz CT molecular complexity index is 244. The summed E-state index contributed by atoms with van der Waals surface area (Å²) in [6.07, 6.45) is 13.2. The molecule has 0 amide bonds. The van der Waals surface area contributed by atoms with Gasteiger partial charge < -0.3 is 13.3 Å². The molecule has 112 valence electrons. The number of rotatable bonds is 6. The zero-order chi connectivity index (χ0) is 13.6. The van der Waals surface area contributed by atoms with Crippen LogP contribution in [0.2, 0.25) is 5.54 Å². The highest BCUT2D eigenvalue weighted by atomic mass is 28.4. The van der Waals surface area contributed by atoms with Crippen LogP contribution in [0, 0.1) is 5.92 Å². The molecular formula is C15H30O3Si. The molecule has 0 atom stereocenters. The molecule has 3 nitrogen and oxygen atoms in total. The van der Waals surface area contributed by atoms with Crippen molar-refractivity contribution in [2.45, 2.75) is 69.7 Å². The van der Waals surface area contributed by atoms with Gasteiger partial charge in [-0.3, -0.25) is 0 Å². The summed E-state index contributed by atoms with van der Waals surface area (Å²) in [6.45, 7) is 0.852. The minimum atomic E-state index is -2.43. The van der Waals surface area contributed by atoms with E-state index in [4.69, 9.17) is 13.3 Å². The summed E-state index contributed by atoms with van der Waals surface area (Å²) in [5.74, 6) is 0.731. The number of hydrogen-bond donors (Lipinski definition) is 0. The summed E-state index contributed by atoms with van der Waals surface area (Å²) in [7, 11) is 1.14. The predicted octanol–water partition coefficient (Wildman–Crippen LogP) is 4.15. The normalized spacial score (nSPS) is 23.7. The third kappa shape index (κ3) is 4.03. The Hall–Kier alpha value is 0.0969. The van der Waals surface area contributed by atoms with Gasteiger partial charge in [0, 0.05) is 26.4 Å². The van der Waals surface area contributed by atoms with Crippen LogP contribution >= 0.6 is 0 Å². The van der Waals surface area contributed by atoms with E-state index in [-0.39, 0.29) is 0 Å². The lowest BCUT2D eigenvalue weighted by Gasteiger charge is -2.37. The summed E-state index contributed by atoms with van der Waals surface area (Å²) in [4.78, 5) is 0. The fourth-order valence-electron chi connectivity index (χ4n) is 3.70. The molecule has 0 bridgehead atoms. The Labute approximate surface area is 119 Å². The van der Waals surface area contributed by atoms with E-state index in [9.17, 15) is 0 Å². The van der Waals surface area contributed by atoms with E-state index in [1.54, 1.807) is 14.2 Å². The lowest BCUT2D eigenvalue weighted by molar-refractivity contribution is 0.0605. The molecule has 2 saturated carbocycles. The Morgan fingerprint density at radius 2 is 1.32 bits per heavy atom. The molecular weight excluding hydrogens is 256 g/mol. The van der Waals surface area contributed by atoms with Gasteiger partial charge in [0.15, 0.2) is 0 Å². The Morgan fingerprint density at radius 1 is 0.789 bits per heavy atom. The highest BCUT2D eigenvalue weighted by molar-refractivity contribution is 6.62. The molecule has 0 aromatic heterocycles. The van der Waals surface area contributed by atoms with Gasteiger partial charge in [0.2, 0.25) is 0 Å². The van der Waals surface area contributed by atoms with Crippen LogP contribution in [0.25, 0.3) is 0 Å². The molecule has 19 heavy (non-hydrogen) atoms. The van der Waals surface area contributed by atoms with Crippen molar-refractivity contribution in [1.29, 1.82) is 0 Å². The quantitative estimate of drug-likeness (QED) is 0.687. The molecule has 2 aliphatic carbocycles. The van der Waals surface area contributed by atoms with E-state index in [0.29, 0.717) is 5.54 Å². The average molecular weight is 286 g/mol. The Balaban J connectivity index is 1.89. The topological polar surface area (TPSA) is 27.7 Å². The summed E-state index contributed by atoms with van der Waals surface area (Å²) < 4.78 is 17.9. The van der Waals surface area contributed by atoms with Gasteiger partial charge in [-0.15, -0.1) is 0 Å². The van der Waals surface area contributed by atoms with Gasteiger partial charge in [0.1, 0.15) is 0 Å². The molecule has 0 aromatic carbocycles. The monoisotopic (exact) mass is 286 g/mol. The van der Waals surface area contributed by atoms with E-state index >= 15 is 0 Å². The van der Waals surface area contributed by atoms with Crippen molar-refractivity contribution in [2.75, 3.05) is 20.8 Å². The van der Waals surface area contributed by atoms with Gasteiger partial charge in [0.25, 0.3) is 0 Å². The maximum absolute atomic E-state index is 6.30. The lowest BCUT2D eigenvalue weighted by Crippen LogP contribution is -2.50. The van der Waals surface area contributed by atoms with Gasteiger partial charge >= 0.3 is 8.80 Å². The summed E-state index contributed by atoms with van der Waals surface area (Å²) in [5, 5.41) is 0. The van der Waals surface area contributed by atoms with Crippen molar-refractivity contribution in [1.82, 2.24) is 0 Å². The standard InChI is InChI=1S/C15H30O3Si/c1-16-19(17-2,15-11-7-4-8-12-15)18-13-14-9-5-3-6-10-14/h14-15H,3-13H2,1-2H3. The van der Waals surface area contributed by atoms with Gasteiger partial charge in [0.05, 0.1) is 0 Å². The smallest absolute Gasteiger partial charge is 0.377 e. The molecule has 2 fully saturated rings. The summed E-state index contributed by atoms with van der Waals surface area (Å²) in [6, 6.07) is 0. The maximum Gasteiger partial charge on any atom is 0.503 e. The van der Waals surface area contributed by atoms with E-state index in [1.165, 1.54) is 64.2 Å². The van der Waals surface area contributed by atoms with Crippen LogP contribution in [-0.4, -0.2) is 29.6 Å². The van der Waals surface area contributed by atoms with E-state index < -0.39 is 8.80 Å². The first-order chi connectivity index (χ1) is 9.30. The SMILES string of the molecule is CO[Si](OC)(OCC1CCCCC1)C1CCCCC1. The van der Waals surface area contributed by atoms with Crippen molar-refractivity contribution in [2.24, 2.45) is 5.92 Å². The molecule has 2 rings (SSSR count). The van der Waals surface area contributed by atoms with E-state index in [0.717, 1.165) is 12.5 Å². The van der Waals surface area contributed by atoms with Crippen molar-refractivity contribution in [3.05, 3.63) is 0 Å². The molecule has 0 aliphatic heterocycles. The highest BCUT2D eigenvalue weighted by Gasteiger charge is 2.48. The molecule has 4 heteroatoms. The fraction of sp³-hybridized carbons (Fsp3) is 1.00. The van der Waals surface area contributed by atoms with Crippen LogP contribution in [0.15, 0.2) is 0 Å². The van der Waals surface area contributed by atoms with Crippen LogP contribution in [-0.2, 0) is 13.3 Å². The molecule has 0 heterocycles. The molecule has 2 aliphatic rings. The van der Waals surface area contributed by atoms with Gasteiger partial charge in [-0.1, -0.05) is 38.5 Å². The largest absolute Gasteiger partial charge is 0.503 e. The lowest BCUT2D eigenvalue weighted by atomic mass is 9.90. The second-order valence-electron chi connectivity index (χ2n) is 6.16. The van der Waals surface area contributed by atoms with Crippen LogP contribution in [0.5, 0.6) is 0 Å². The molecule has 0 N–H and O–H groups in total. The molecule has 0 radical (unpaired) electrons. The second kappa shape index (κ2) is 7.77. The maximum atomic E-state index is 6.30. The third-order valence-corrected chi connectivity index (χ3v) is 8.20. The van der Waals surface area contributed by atoms with Crippen molar-refractivity contribution < 1.29 is 13.3 Å². The number of hydrogen-bond acceptors (Lipinski definition) is 3. The van der Waals surface area contributed by atoms with Crippen LogP contribution in [0.4, 0.5) is 0 Å². The van der Waals surface area contributed by atoms with Gasteiger partial charge in [-0.05, 0) is 31.6 Å². The Kier molecular flexibility index (Phi) is 6.33. The zero-order valence-electron chi connectivity index (χ0n) is 12.7. The van der Waals surface area contributed by atoms with Gasteiger partial charge in [-0.25, -0.2) is 0 Å². The van der Waals surface area contributed by atoms with Crippen LogP contribution in [0.3, 0.4) is 0 Å². The molecule has 0 unspecified atom stereocenters. The van der Waals surface area contributed by atoms with Crippen molar-refractivity contribution in [3.8, 4) is 0 Å². The fourth-order valence-corrected chi connectivity index (χ4v) is 6.58. The first-order valence-electron chi connectivity index (χ1n) is 8.05. The van der Waals surface area contributed by atoms with Crippen LogP contribution < -0.4 is 0 Å². The Morgan fingerprint density at radius 3 is 1.84 bits per heavy atom. The van der Waals surface area contributed by atoms with Crippen molar-refractivity contribution in [3.63, 3.8) is 0 Å². The summed E-state index contributed by atoms with van der Waals surface area (Å²) >= 11 is 0. The third-order valence-electron chi connectivity index (χ3n) is 4.92. The van der Waals surface area contributed by atoms with E-state index in [2.05, 4.69) is 0 Å². The highest BCUT2D eigenvalue weighted by Crippen LogP contribution is 2.39. The summed E-state index contributed by atoms with van der Waals surface area (Å²) in [5.41, 5.74) is 0.528. The molecule has 0 saturated heterocycles. The van der Waals surface area contributed by atoms with E-state index in [1.807, 2.05) is 0 Å².